The van der Waals surface area contributed by atoms with Crippen LogP contribution in [0.2, 0.25) is 0 Å². The number of nitrogens with zero attached hydrogens (tertiary/aromatic N) is 3. The molecule has 308 valence electrons. The normalized spacial score (nSPS) is 18.3. The second-order valence-corrected chi connectivity index (χ2v) is 16.9. The van der Waals surface area contributed by atoms with Crippen molar-refractivity contribution in [1.29, 1.82) is 0 Å². The third-order valence-electron chi connectivity index (χ3n) is 11.3. The number of aromatic nitrogens is 1. The number of benzene rings is 1. The monoisotopic (exact) mass is 783 g/mol. The summed E-state index contributed by atoms with van der Waals surface area (Å²) in [6.07, 6.45) is 6.55. The Morgan fingerprint density at radius 1 is 1.05 bits per heavy atom. The molecule has 0 saturated carbocycles. The average molecular weight is 784 g/mol. The standard InChI is InChI=1S/C43H69N5O6S/c1-9-19-48(43(53)34(29(6)11-3)24-38(50)36-14-12-13-20-47(36)8)37(28(4)5)25-40(54-21-10-2)42-46-35(27-55-42)41(52)45-32(22-30(7)39(51)26-44)23-31-15-17-33(49)18-16-31/h15-18,27-30,32,34,36-37,40,49H,9-14,19-26,44H2,1-8H3,(H,45,52)/t29-,30-,32+,34-,36+,37+,40+/m0/s1. The first-order valence-electron chi connectivity index (χ1n) is 20.7. The third kappa shape index (κ3) is 13.8. The van der Waals surface area contributed by atoms with E-state index in [2.05, 4.69) is 44.8 Å². The molecule has 12 heteroatoms. The minimum atomic E-state index is -0.444. The van der Waals surface area contributed by atoms with Crippen LogP contribution in [0.3, 0.4) is 0 Å². The molecule has 7 atom stereocenters. The van der Waals surface area contributed by atoms with Gasteiger partial charge in [-0.1, -0.05) is 73.4 Å². The van der Waals surface area contributed by atoms with Crippen LogP contribution in [0.15, 0.2) is 29.6 Å². The summed E-state index contributed by atoms with van der Waals surface area (Å²) in [5.74, 6) is -0.657. The van der Waals surface area contributed by atoms with Crippen molar-refractivity contribution in [3.05, 3.63) is 45.9 Å². The van der Waals surface area contributed by atoms with Crippen LogP contribution in [0, 0.1) is 23.7 Å². The number of hydrogen-bond acceptors (Lipinski definition) is 10. The number of carbonyl (C=O) groups is 4. The number of nitrogens with two attached hydrogens (primary N) is 1. The largest absolute Gasteiger partial charge is 0.508 e. The van der Waals surface area contributed by atoms with Crippen molar-refractivity contribution < 1.29 is 29.0 Å². The van der Waals surface area contributed by atoms with Crippen LogP contribution in [-0.2, 0) is 25.5 Å². The number of ketones is 2. The molecule has 2 aromatic rings. The van der Waals surface area contributed by atoms with Gasteiger partial charge in [-0.05, 0) is 81.6 Å². The van der Waals surface area contributed by atoms with Crippen LogP contribution in [0.4, 0.5) is 0 Å². The molecule has 3 rings (SSSR count). The lowest BCUT2D eigenvalue weighted by Gasteiger charge is -2.40. The lowest BCUT2D eigenvalue weighted by atomic mass is 9.82. The summed E-state index contributed by atoms with van der Waals surface area (Å²) in [5, 5.41) is 15.3. The van der Waals surface area contributed by atoms with Crippen LogP contribution in [0.25, 0.3) is 0 Å². The van der Waals surface area contributed by atoms with E-state index in [0.717, 1.165) is 50.6 Å². The van der Waals surface area contributed by atoms with Gasteiger partial charge in [0.1, 0.15) is 28.3 Å². The molecule has 1 fully saturated rings. The van der Waals surface area contributed by atoms with Gasteiger partial charge in [0.15, 0.2) is 5.78 Å². The van der Waals surface area contributed by atoms with Crippen LogP contribution in [-0.4, -0.2) is 94.7 Å². The Bertz CT molecular complexity index is 1500. The zero-order chi connectivity index (χ0) is 40.7. The summed E-state index contributed by atoms with van der Waals surface area (Å²) >= 11 is 1.37. The quantitative estimate of drug-likeness (QED) is 0.102. The van der Waals surface area contributed by atoms with E-state index in [1.807, 2.05) is 25.8 Å². The summed E-state index contributed by atoms with van der Waals surface area (Å²) < 4.78 is 6.45. The number of piperidine rings is 1. The smallest absolute Gasteiger partial charge is 0.270 e. The second-order valence-electron chi connectivity index (χ2n) is 16.0. The Kier molecular flexibility index (Phi) is 19.4. The van der Waals surface area contributed by atoms with Crippen molar-refractivity contribution in [3.8, 4) is 5.75 Å². The van der Waals surface area contributed by atoms with Gasteiger partial charge in [-0.15, -0.1) is 11.3 Å². The van der Waals surface area contributed by atoms with Crippen molar-refractivity contribution >= 4 is 34.7 Å². The molecule has 0 spiro atoms. The van der Waals surface area contributed by atoms with Gasteiger partial charge in [0.05, 0.1) is 12.6 Å². The van der Waals surface area contributed by atoms with Crippen LogP contribution in [0.1, 0.15) is 133 Å². The Labute approximate surface area is 334 Å². The zero-order valence-electron chi connectivity index (χ0n) is 34.7. The van der Waals surface area contributed by atoms with E-state index in [4.69, 9.17) is 15.5 Å². The van der Waals surface area contributed by atoms with E-state index in [0.29, 0.717) is 37.4 Å². The lowest BCUT2D eigenvalue weighted by Crippen LogP contribution is -2.50. The summed E-state index contributed by atoms with van der Waals surface area (Å²) in [6, 6.07) is 6.13. The molecule has 1 aromatic heterocycles. The van der Waals surface area contributed by atoms with Gasteiger partial charge in [0.25, 0.3) is 5.91 Å². The molecule has 2 amide bonds. The Morgan fingerprint density at radius 3 is 2.36 bits per heavy atom. The van der Waals surface area contributed by atoms with E-state index in [1.165, 1.54) is 11.3 Å². The number of thiazole rings is 1. The number of aromatic hydroxyl groups is 1. The number of nitrogens with one attached hydrogen (secondary N) is 1. The van der Waals surface area contributed by atoms with Crippen molar-refractivity contribution in [2.75, 3.05) is 33.3 Å². The molecule has 1 aliphatic rings. The number of amides is 2. The maximum absolute atomic E-state index is 14.7. The molecular weight excluding hydrogens is 715 g/mol. The average Bonchev–Trinajstić information content (AvgIpc) is 3.67. The summed E-state index contributed by atoms with van der Waals surface area (Å²) in [4.78, 5) is 63.6. The fraction of sp³-hybridized carbons (Fsp3) is 0.698. The van der Waals surface area contributed by atoms with E-state index >= 15 is 0 Å². The highest BCUT2D eigenvalue weighted by Crippen LogP contribution is 2.34. The number of ether oxygens (including phenoxy) is 1. The molecule has 1 aliphatic heterocycles. The molecule has 0 aliphatic carbocycles. The molecule has 4 N–H and O–H groups in total. The fourth-order valence-corrected chi connectivity index (χ4v) is 8.55. The van der Waals surface area contributed by atoms with Crippen molar-refractivity contribution in [3.63, 3.8) is 0 Å². The molecule has 55 heavy (non-hydrogen) atoms. The van der Waals surface area contributed by atoms with E-state index in [9.17, 15) is 24.3 Å². The number of hydrogen-bond donors (Lipinski definition) is 3. The molecule has 11 nitrogen and oxygen atoms in total. The van der Waals surface area contributed by atoms with Gasteiger partial charge >= 0.3 is 0 Å². The fourth-order valence-electron chi connectivity index (χ4n) is 7.69. The molecule has 0 unspecified atom stereocenters. The molecule has 1 saturated heterocycles. The highest BCUT2D eigenvalue weighted by atomic mass is 32.1. The Balaban J connectivity index is 1.87. The SMILES string of the molecule is CCCO[C@H](C[C@H](C(C)C)N(CCC)C(=O)[C@@H](CC(=O)[C@H]1CCCCN1C)[C@@H](C)CC)c1nc(C(=O)N[C@@H](Cc2ccc(O)cc2)C[C@H](C)C(=O)CN)cs1. The Morgan fingerprint density at radius 2 is 1.76 bits per heavy atom. The summed E-state index contributed by atoms with van der Waals surface area (Å²) in [6.45, 7) is 16.3. The van der Waals surface area contributed by atoms with Gasteiger partial charge < -0.3 is 25.8 Å². The van der Waals surface area contributed by atoms with E-state index in [1.54, 1.807) is 29.6 Å². The van der Waals surface area contributed by atoms with Gasteiger partial charge in [-0.25, -0.2) is 4.98 Å². The topological polar surface area (TPSA) is 155 Å². The third-order valence-corrected chi connectivity index (χ3v) is 12.2. The maximum atomic E-state index is 14.7. The molecule has 0 bridgehead atoms. The zero-order valence-corrected chi connectivity index (χ0v) is 35.5. The predicted octanol–water partition coefficient (Wildman–Crippen LogP) is 6.97. The number of phenolic OH excluding ortho intramolecular Hbond substituents is 1. The minimum Gasteiger partial charge on any atom is -0.508 e. The first-order valence-corrected chi connectivity index (χ1v) is 21.5. The van der Waals surface area contributed by atoms with Crippen molar-refractivity contribution in [1.82, 2.24) is 20.1 Å². The minimum absolute atomic E-state index is 0.0391. The highest BCUT2D eigenvalue weighted by molar-refractivity contribution is 7.09. The number of carbonyl (C=O) groups excluding carboxylic acids is 4. The first kappa shape index (κ1) is 46.2. The van der Waals surface area contributed by atoms with Gasteiger partial charge in [-0.2, -0.15) is 0 Å². The number of likely N-dealkylation sites (tertiary alicyclic amines) is 1. The molecule has 2 heterocycles. The van der Waals surface area contributed by atoms with E-state index < -0.39 is 12.0 Å². The number of phenols is 1. The second kappa shape index (κ2) is 23.1. The summed E-state index contributed by atoms with van der Waals surface area (Å²) in [7, 11) is 2.02. The number of Topliss-reactive ketones (excluding diaryl/α,β-unsaturated/α-hetero) is 2. The molecular formula is C43H69N5O6S. The van der Waals surface area contributed by atoms with E-state index in [-0.39, 0.29) is 83.7 Å². The first-order chi connectivity index (χ1) is 26.2. The van der Waals surface area contributed by atoms with Crippen LogP contribution >= 0.6 is 11.3 Å². The van der Waals surface area contributed by atoms with Gasteiger partial charge in [0.2, 0.25) is 5.91 Å². The molecule has 0 radical (unpaired) electrons. The molecule has 1 aromatic carbocycles. The number of likely N-dealkylation sites (N-methyl/N-ethyl adjacent to an activating group) is 1. The predicted molar refractivity (Wildman–Crippen MR) is 220 cm³/mol. The summed E-state index contributed by atoms with van der Waals surface area (Å²) in [5.41, 5.74) is 6.82. The van der Waals surface area contributed by atoms with Gasteiger partial charge in [0, 0.05) is 55.3 Å². The van der Waals surface area contributed by atoms with Crippen molar-refractivity contribution in [2.45, 2.75) is 137 Å². The number of rotatable bonds is 24. The van der Waals surface area contributed by atoms with Crippen LogP contribution in [0.5, 0.6) is 5.75 Å². The van der Waals surface area contributed by atoms with Crippen LogP contribution < -0.4 is 11.1 Å². The van der Waals surface area contributed by atoms with Gasteiger partial charge in [-0.3, -0.25) is 24.1 Å². The Hall–Kier alpha value is -3.19. The highest BCUT2D eigenvalue weighted by Gasteiger charge is 2.38. The van der Waals surface area contributed by atoms with Crippen molar-refractivity contribution in [2.24, 2.45) is 29.4 Å². The lowest BCUT2D eigenvalue weighted by molar-refractivity contribution is -0.145. The maximum Gasteiger partial charge on any atom is 0.270 e.